The van der Waals surface area contributed by atoms with Crippen molar-refractivity contribution < 1.29 is 24.2 Å². The van der Waals surface area contributed by atoms with Crippen LogP contribution < -0.4 is 10.6 Å². The summed E-state index contributed by atoms with van der Waals surface area (Å²) in [4.78, 5) is 35.9. The first-order chi connectivity index (χ1) is 12.7. The van der Waals surface area contributed by atoms with Gasteiger partial charge in [-0.2, -0.15) is 0 Å². The fourth-order valence-electron chi connectivity index (χ4n) is 2.43. The van der Waals surface area contributed by atoms with Crippen LogP contribution in [0.2, 0.25) is 0 Å². The molecule has 0 aliphatic rings. The van der Waals surface area contributed by atoms with Crippen LogP contribution in [-0.2, 0) is 20.9 Å². The van der Waals surface area contributed by atoms with Crippen molar-refractivity contribution in [3.63, 3.8) is 0 Å². The number of carboxylic acids is 1. The topological polar surface area (TPSA) is 105 Å². The standard InChI is InChI=1S/C20H28N2O5/c1-13(2)10-16(18(23)21-17(19(24)25)11-14(3)4)22-20(26)27-12-15-8-6-5-7-9-15/h5-9,13,16-17H,3,10-12H2,1-2,4H3,(H,21,23)(H,22,26)(H,24,25)/t16-,17+/m0/s1. The Bertz CT molecular complexity index is 658. The van der Waals surface area contributed by atoms with Crippen LogP contribution in [0.15, 0.2) is 42.5 Å². The zero-order valence-corrected chi connectivity index (χ0v) is 16.0. The molecule has 0 radical (unpaired) electrons. The van der Waals surface area contributed by atoms with Gasteiger partial charge in [0.1, 0.15) is 18.7 Å². The Morgan fingerprint density at radius 3 is 2.26 bits per heavy atom. The molecule has 0 bridgehead atoms. The van der Waals surface area contributed by atoms with Crippen LogP contribution in [-0.4, -0.2) is 35.2 Å². The third-order valence-electron chi connectivity index (χ3n) is 3.70. The van der Waals surface area contributed by atoms with E-state index in [-0.39, 0.29) is 18.9 Å². The van der Waals surface area contributed by atoms with E-state index in [0.717, 1.165) is 5.56 Å². The Morgan fingerprint density at radius 2 is 1.74 bits per heavy atom. The Balaban J connectivity index is 2.69. The van der Waals surface area contributed by atoms with Gasteiger partial charge in [0.05, 0.1) is 0 Å². The summed E-state index contributed by atoms with van der Waals surface area (Å²) >= 11 is 0. The fourth-order valence-corrected chi connectivity index (χ4v) is 2.43. The highest BCUT2D eigenvalue weighted by Crippen LogP contribution is 2.09. The number of benzene rings is 1. The second kappa shape index (κ2) is 11.0. The minimum Gasteiger partial charge on any atom is -0.480 e. The van der Waals surface area contributed by atoms with Gasteiger partial charge in [-0.3, -0.25) is 4.79 Å². The van der Waals surface area contributed by atoms with Crippen molar-refractivity contribution >= 4 is 18.0 Å². The number of alkyl carbamates (subject to hydrolysis) is 1. The Labute approximate surface area is 159 Å². The maximum absolute atomic E-state index is 12.5. The van der Waals surface area contributed by atoms with Crippen LogP contribution in [0.4, 0.5) is 4.79 Å². The summed E-state index contributed by atoms with van der Waals surface area (Å²) in [5, 5.41) is 14.2. The van der Waals surface area contributed by atoms with Crippen molar-refractivity contribution in [3.05, 3.63) is 48.0 Å². The number of nitrogens with one attached hydrogen (secondary N) is 2. The minimum absolute atomic E-state index is 0.0795. The molecule has 7 nitrogen and oxygen atoms in total. The molecule has 1 rings (SSSR count). The van der Waals surface area contributed by atoms with Crippen molar-refractivity contribution in [3.8, 4) is 0 Å². The molecule has 2 atom stereocenters. The largest absolute Gasteiger partial charge is 0.480 e. The molecule has 0 heterocycles. The van der Waals surface area contributed by atoms with Crippen LogP contribution in [0.5, 0.6) is 0 Å². The molecule has 0 aromatic heterocycles. The molecule has 0 aliphatic heterocycles. The third-order valence-corrected chi connectivity index (χ3v) is 3.70. The molecule has 1 aromatic rings. The predicted molar refractivity (Wildman–Crippen MR) is 102 cm³/mol. The predicted octanol–water partition coefficient (Wildman–Crippen LogP) is 2.86. The maximum atomic E-state index is 12.5. The molecule has 1 aromatic carbocycles. The lowest BCUT2D eigenvalue weighted by molar-refractivity contribution is -0.142. The van der Waals surface area contributed by atoms with Gasteiger partial charge in [-0.05, 0) is 31.2 Å². The van der Waals surface area contributed by atoms with E-state index in [2.05, 4.69) is 17.2 Å². The first kappa shape index (κ1) is 22.2. The summed E-state index contributed by atoms with van der Waals surface area (Å²) in [6, 6.07) is 7.18. The first-order valence-electron chi connectivity index (χ1n) is 8.83. The highest BCUT2D eigenvalue weighted by Gasteiger charge is 2.27. The molecule has 0 fully saturated rings. The fraction of sp³-hybridized carbons (Fsp3) is 0.450. The van der Waals surface area contributed by atoms with Gasteiger partial charge in [-0.15, -0.1) is 6.58 Å². The zero-order valence-electron chi connectivity index (χ0n) is 16.0. The number of carboxylic acid groups (broad SMARTS) is 1. The van der Waals surface area contributed by atoms with Crippen molar-refractivity contribution in [2.24, 2.45) is 5.92 Å². The van der Waals surface area contributed by atoms with Crippen LogP contribution in [0.3, 0.4) is 0 Å². The lowest BCUT2D eigenvalue weighted by atomic mass is 10.0. The number of amides is 2. The smallest absolute Gasteiger partial charge is 0.408 e. The Hall–Kier alpha value is -2.83. The number of hydrogen-bond acceptors (Lipinski definition) is 4. The molecule has 27 heavy (non-hydrogen) atoms. The second-order valence-electron chi connectivity index (χ2n) is 6.95. The van der Waals surface area contributed by atoms with Crippen LogP contribution in [0.1, 0.15) is 39.2 Å². The van der Waals surface area contributed by atoms with E-state index in [4.69, 9.17) is 4.74 Å². The third kappa shape index (κ3) is 8.89. The summed E-state index contributed by atoms with van der Waals surface area (Å²) in [5.41, 5.74) is 1.46. The van der Waals surface area contributed by atoms with Gasteiger partial charge in [0.25, 0.3) is 0 Å². The van der Waals surface area contributed by atoms with Crippen LogP contribution in [0.25, 0.3) is 0 Å². The quantitative estimate of drug-likeness (QED) is 0.545. The van der Waals surface area contributed by atoms with E-state index in [9.17, 15) is 19.5 Å². The monoisotopic (exact) mass is 376 g/mol. The summed E-state index contributed by atoms with van der Waals surface area (Å²) in [6.07, 6.45) is -0.258. The van der Waals surface area contributed by atoms with E-state index >= 15 is 0 Å². The lowest BCUT2D eigenvalue weighted by Gasteiger charge is -2.22. The maximum Gasteiger partial charge on any atom is 0.408 e. The normalized spacial score (nSPS) is 12.7. The number of aliphatic carboxylic acids is 1. The molecule has 148 valence electrons. The summed E-state index contributed by atoms with van der Waals surface area (Å²) in [6.45, 7) is 9.25. The number of carbonyl (C=O) groups is 3. The SMILES string of the molecule is C=C(C)C[C@@H](NC(=O)[C@H](CC(C)C)NC(=O)OCc1ccccc1)C(=O)O. The molecule has 2 amide bonds. The number of carbonyl (C=O) groups excluding carboxylic acids is 2. The van der Waals surface area contributed by atoms with E-state index in [1.807, 2.05) is 44.2 Å². The van der Waals surface area contributed by atoms with Crippen molar-refractivity contribution in [2.45, 2.75) is 52.3 Å². The van der Waals surface area contributed by atoms with E-state index in [0.29, 0.717) is 12.0 Å². The molecule has 0 unspecified atom stereocenters. The zero-order chi connectivity index (χ0) is 20.4. The summed E-state index contributed by atoms with van der Waals surface area (Å²) < 4.78 is 5.15. The van der Waals surface area contributed by atoms with Crippen molar-refractivity contribution in [1.29, 1.82) is 0 Å². The average molecular weight is 376 g/mol. The van der Waals surface area contributed by atoms with Crippen LogP contribution >= 0.6 is 0 Å². The van der Waals surface area contributed by atoms with Gasteiger partial charge in [0.15, 0.2) is 0 Å². The highest BCUT2D eigenvalue weighted by molar-refractivity contribution is 5.89. The minimum atomic E-state index is -1.15. The highest BCUT2D eigenvalue weighted by atomic mass is 16.5. The molecule has 0 aliphatic carbocycles. The Kier molecular flexibility index (Phi) is 9.05. The second-order valence-corrected chi connectivity index (χ2v) is 6.95. The average Bonchev–Trinajstić information content (AvgIpc) is 2.58. The van der Waals surface area contributed by atoms with Gasteiger partial charge in [-0.25, -0.2) is 9.59 Å². The molecular weight excluding hydrogens is 348 g/mol. The molecule has 0 spiro atoms. The number of rotatable bonds is 10. The molecule has 3 N–H and O–H groups in total. The lowest BCUT2D eigenvalue weighted by Crippen LogP contribution is -2.52. The summed E-state index contributed by atoms with van der Waals surface area (Å²) in [7, 11) is 0. The van der Waals surface area contributed by atoms with Gasteiger partial charge in [-0.1, -0.05) is 49.8 Å². The van der Waals surface area contributed by atoms with Gasteiger partial charge < -0.3 is 20.5 Å². The summed E-state index contributed by atoms with van der Waals surface area (Å²) in [5.74, 6) is -1.60. The molecule has 7 heteroatoms. The van der Waals surface area contributed by atoms with E-state index in [1.165, 1.54) is 0 Å². The van der Waals surface area contributed by atoms with E-state index < -0.39 is 30.1 Å². The van der Waals surface area contributed by atoms with Gasteiger partial charge in [0, 0.05) is 0 Å². The molecular formula is C20H28N2O5. The number of hydrogen-bond donors (Lipinski definition) is 3. The first-order valence-corrected chi connectivity index (χ1v) is 8.83. The number of ether oxygens (including phenoxy) is 1. The van der Waals surface area contributed by atoms with Crippen molar-refractivity contribution in [1.82, 2.24) is 10.6 Å². The van der Waals surface area contributed by atoms with Gasteiger partial charge in [0.2, 0.25) is 5.91 Å². The van der Waals surface area contributed by atoms with Crippen LogP contribution in [0, 0.1) is 5.92 Å². The van der Waals surface area contributed by atoms with Gasteiger partial charge >= 0.3 is 12.1 Å². The Morgan fingerprint density at radius 1 is 1.11 bits per heavy atom. The van der Waals surface area contributed by atoms with Crippen molar-refractivity contribution in [2.75, 3.05) is 0 Å². The van der Waals surface area contributed by atoms with E-state index in [1.54, 1.807) is 6.92 Å². The molecule has 0 saturated heterocycles. The molecule has 0 saturated carbocycles.